The second kappa shape index (κ2) is 6.93. The summed E-state index contributed by atoms with van der Waals surface area (Å²) in [5, 5.41) is 3.19. The summed E-state index contributed by atoms with van der Waals surface area (Å²) in [6.45, 7) is 6.85. The molecule has 106 valence electrons. The van der Waals surface area contributed by atoms with Gasteiger partial charge in [0, 0.05) is 26.2 Å². The van der Waals surface area contributed by atoms with Crippen molar-refractivity contribution in [2.75, 3.05) is 26.2 Å². The molecule has 0 amide bonds. The number of hydrogen-bond acceptors (Lipinski definition) is 2. The fourth-order valence-corrected chi connectivity index (χ4v) is 2.20. The molecule has 0 saturated carbocycles. The minimum absolute atomic E-state index is 0. The Kier molecular flexibility index (Phi) is 5.85. The molecular weight excluding hydrogens is 277 g/mol. The lowest BCUT2D eigenvalue weighted by molar-refractivity contribution is 0.202. The highest BCUT2D eigenvalue weighted by Crippen LogP contribution is 2.25. The molecule has 0 unspecified atom stereocenters. The van der Waals surface area contributed by atoms with Gasteiger partial charge in [0.2, 0.25) is 0 Å². The fourth-order valence-electron chi connectivity index (χ4n) is 2.20. The van der Waals surface area contributed by atoms with Crippen LogP contribution in [0.5, 0.6) is 0 Å². The van der Waals surface area contributed by atoms with Gasteiger partial charge in [-0.15, -0.1) is 19.0 Å². The lowest BCUT2D eigenvalue weighted by atomic mass is 10.0. The normalized spacial score (nSPS) is 17.6. The van der Waals surface area contributed by atoms with Gasteiger partial charge < -0.3 is 5.32 Å². The maximum atomic E-state index is 13.2. The van der Waals surface area contributed by atoms with Crippen molar-refractivity contribution in [3.05, 3.63) is 47.8 Å². The number of hydrogen-bond donors (Lipinski definition) is 1. The van der Waals surface area contributed by atoms with Gasteiger partial charge in [0.05, 0.1) is 6.04 Å². The number of nitrogens with one attached hydrogen (secondary N) is 1. The Hall–Kier alpha value is -1.04. The van der Waals surface area contributed by atoms with E-state index in [0.717, 1.165) is 38.3 Å². The van der Waals surface area contributed by atoms with Crippen molar-refractivity contribution in [3.63, 3.8) is 0 Å². The first-order valence-electron chi connectivity index (χ1n) is 5.85. The third-order valence-corrected chi connectivity index (χ3v) is 3.12. The Labute approximate surface area is 116 Å². The molecule has 1 N–H and O–H groups in total. The molecular formula is C13H16ClF3N2. The van der Waals surface area contributed by atoms with Gasteiger partial charge in [-0.05, 0) is 17.7 Å². The molecule has 0 aliphatic carbocycles. The third kappa shape index (κ3) is 3.49. The summed E-state index contributed by atoms with van der Waals surface area (Å²) in [7, 11) is 0. The van der Waals surface area contributed by atoms with E-state index in [1.54, 1.807) is 6.08 Å². The summed E-state index contributed by atoms with van der Waals surface area (Å²) < 4.78 is 39.4. The average molecular weight is 293 g/mol. The van der Waals surface area contributed by atoms with E-state index in [0.29, 0.717) is 5.56 Å². The number of halogens is 4. The Bertz CT molecular complexity index is 425. The van der Waals surface area contributed by atoms with E-state index in [4.69, 9.17) is 0 Å². The quantitative estimate of drug-likeness (QED) is 0.681. The van der Waals surface area contributed by atoms with E-state index in [9.17, 15) is 13.2 Å². The maximum absolute atomic E-state index is 13.2. The van der Waals surface area contributed by atoms with Gasteiger partial charge in [-0.25, -0.2) is 13.2 Å². The summed E-state index contributed by atoms with van der Waals surface area (Å²) in [6.07, 6.45) is 1.62. The van der Waals surface area contributed by atoms with Gasteiger partial charge in [-0.1, -0.05) is 6.08 Å². The van der Waals surface area contributed by atoms with Gasteiger partial charge >= 0.3 is 0 Å². The van der Waals surface area contributed by atoms with E-state index < -0.39 is 17.5 Å². The highest BCUT2D eigenvalue weighted by Gasteiger charge is 2.22. The third-order valence-electron chi connectivity index (χ3n) is 3.12. The summed E-state index contributed by atoms with van der Waals surface area (Å²) >= 11 is 0. The molecule has 1 aromatic carbocycles. The van der Waals surface area contributed by atoms with Crippen LogP contribution in [-0.2, 0) is 0 Å². The van der Waals surface area contributed by atoms with E-state index >= 15 is 0 Å². The van der Waals surface area contributed by atoms with Crippen LogP contribution in [0.4, 0.5) is 13.2 Å². The van der Waals surface area contributed by atoms with Crippen LogP contribution in [-0.4, -0.2) is 31.1 Å². The highest BCUT2D eigenvalue weighted by atomic mass is 35.5. The molecule has 2 rings (SSSR count). The molecule has 1 saturated heterocycles. The first-order chi connectivity index (χ1) is 8.63. The van der Waals surface area contributed by atoms with Crippen molar-refractivity contribution in [1.29, 1.82) is 0 Å². The monoisotopic (exact) mass is 292 g/mol. The zero-order chi connectivity index (χ0) is 13.1. The number of piperazine rings is 1. The minimum atomic E-state index is -1.43. The van der Waals surface area contributed by atoms with Crippen molar-refractivity contribution in [3.8, 4) is 0 Å². The smallest absolute Gasteiger partial charge is 0.194 e. The molecule has 1 aromatic rings. The molecule has 0 radical (unpaired) electrons. The van der Waals surface area contributed by atoms with Crippen molar-refractivity contribution in [2.45, 2.75) is 6.04 Å². The van der Waals surface area contributed by atoms with E-state index in [1.807, 2.05) is 0 Å². The van der Waals surface area contributed by atoms with E-state index in [-0.39, 0.29) is 18.4 Å². The van der Waals surface area contributed by atoms with Crippen LogP contribution >= 0.6 is 12.4 Å². The van der Waals surface area contributed by atoms with Gasteiger partial charge in [0.15, 0.2) is 17.5 Å². The van der Waals surface area contributed by atoms with Gasteiger partial charge in [-0.2, -0.15) is 0 Å². The summed E-state index contributed by atoms with van der Waals surface area (Å²) in [4.78, 5) is 2.05. The predicted molar refractivity (Wildman–Crippen MR) is 70.9 cm³/mol. The minimum Gasteiger partial charge on any atom is -0.314 e. The SMILES string of the molecule is C=C[C@@H](c1cc(F)c(F)c(F)c1)N1CCNCC1.Cl. The molecule has 1 atom stereocenters. The van der Waals surface area contributed by atoms with E-state index in [1.165, 1.54) is 0 Å². The van der Waals surface area contributed by atoms with Gasteiger partial charge in [-0.3, -0.25) is 4.90 Å². The molecule has 2 nitrogen and oxygen atoms in total. The largest absolute Gasteiger partial charge is 0.314 e. The van der Waals surface area contributed by atoms with Crippen molar-refractivity contribution in [2.24, 2.45) is 0 Å². The van der Waals surface area contributed by atoms with Crippen LogP contribution in [0.25, 0.3) is 0 Å². The Morgan fingerprint density at radius 3 is 2.16 bits per heavy atom. The predicted octanol–water partition coefficient (Wildman–Crippen LogP) is 2.66. The summed E-state index contributed by atoms with van der Waals surface area (Å²) in [5.41, 5.74) is 0.392. The fraction of sp³-hybridized carbons (Fsp3) is 0.385. The van der Waals surface area contributed by atoms with Crippen LogP contribution in [0.1, 0.15) is 11.6 Å². The molecule has 0 aromatic heterocycles. The van der Waals surface area contributed by atoms with Crippen molar-refractivity contribution < 1.29 is 13.2 Å². The maximum Gasteiger partial charge on any atom is 0.194 e. The molecule has 19 heavy (non-hydrogen) atoms. The number of rotatable bonds is 3. The first kappa shape index (κ1) is 16.0. The van der Waals surface area contributed by atoms with Gasteiger partial charge in [0.25, 0.3) is 0 Å². The lowest BCUT2D eigenvalue weighted by Gasteiger charge is -2.33. The zero-order valence-corrected chi connectivity index (χ0v) is 11.2. The first-order valence-corrected chi connectivity index (χ1v) is 5.85. The van der Waals surface area contributed by atoms with Crippen LogP contribution in [0.3, 0.4) is 0 Å². The van der Waals surface area contributed by atoms with Crippen LogP contribution in [0, 0.1) is 17.5 Å². The van der Waals surface area contributed by atoms with Crippen molar-refractivity contribution >= 4 is 12.4 Å². The molecule has 0 bridgehead atoms. The second-order valence-corrected chi connectivity index (χ2v) is 4.27. The molecule has 1 fully saturated rings. The molecule has 6 heteroatoms. The van der Waals surface area contributed by atoms with Crippen LogP contribution < -0.4 is 5.32 Å². The number of nitrogens with zero attached hydrogens (tertiary/aromatic N) is 1. The van der Waals surface area contributed by atoms with Crippen molar-refractivity contribution in [1.82, 2.24) is 10.2 Å². The Balaban J connectivity index is 0.00000180. The summed E-state index contributed by atoms with van der Waals surface area (Å²) in [6, 6.07) is 1.77. The number of benzene rings is 1. The van der Waals surface area contributed by atoms with Crippen LogP contribution in [0.15, 0.2) is 24.8 Å². The Morgan fingerprint density at radius 2 is 1.68 bits per heavy atom. The highest BCUT2D eigenvalue weighted by molar-refractivity contribution is 5.85. The molecule has 0 spiro atoms. The zero-order valence-electron chi connectivity index (χ0n) is 10.3. The average Bonchev–Trinajstić information content (AvgIpc) is 2.38. The topological polar surface area (TPSA) is 15.3 Å². The molecule has 1 aliphatic rings. The standard InChI is InChI=1S/C13H15F3N2.ClH/c1-2-12(18-5-3-17-4-6-18)9-7-10(14)13(16)11(15)8-9;/h2,7-8,12,17H,1,3-6H2;1H/t12-;/m0./s1. The molecule has 1 heterocycles. The van der Waals surface area contributed by atoms with E-state index in [2.05, 4.69) is 16.8 Å². The Morgan fingerprint density at radius 1 is 1.16 bits per heavy atom. The van der Waals surface area contributed by atoms with Gasteiger partial charge in [0.1, 0.15) is 0 Å². The molecule has 1 aliphatic heterocycles. The van der Waals surface area contributed by atoms with Crippen LogP contribution in [0.2, 0.25) is 0 Å². The lowest BCUT2D eigenvalue weighted by Crippen LogP contribution is -2.44. The summed E-state index contributed by atoms with van der Waals surface area (Å²) in [5.74, 6) is -3.75. The second-order valence-electron chi connectivity index (χ2n) is 4.27.